The van der Waals surface area contributed by atoms with Gasteiger partial charge in [-0.05, 0) is 18.6 Å². The molecule has 19 heavy (non-hydrogen) atoms. The number of hydrogen-bond donors (Lipinski definition) is 2. The molecule has 1 rings (SSSR count). The summed E-state index contributed by atoms with van der Waals surface area (Å²) in [5.74, 6) is -1.99. The Balaban J connectivity index is 2.70. The fourth-order valence-corrected chi connectivity index (χ4v) is 1.54. The van der Waals surface area contributed by atoms with Crippen LogP contribution in [0.25, 0.3) is 0 Å². The number of ketones is 1. The van der Waals surface area contributed by atoms with E-state index >= 15 is 0 Å². The molecule has 6 heteroatoms. The minimum absolute atomic E-state index is 0.0621. The first-order valence-electron chi connectivity index (χ1n) is 6.10. The van der Waals surface area contributed by atoms with Crippen molar-refractivity contribution in [2.75, 3.05) is 0 Å². The zero-order valence-electron chi connectivity index (χ0n) is 10.9. The maximum absolute atomic E-state index is 11.8. The zero-order chi connectivity index (χ0) is 14.4. The van der Waals surface area contributed by atoms with Crippen LogP contribution in [0.1, 0.15) is 54.2 Å². The molecule has 2 N–H and O–H groups in total. The molecule has 1 atom stereocenters. The Morgan fingerprint density at radius 1 is 1.32 bits per heavy atom. The summed E-state index contributed by atoms with van der Waals surface area (Å²) in [6, 6.07) is 1.79. The van der Waals surface area contributed by atoms with Crippen LogP contribution in [0.3, 0.4) is 0 Å². The number of carboxylic acid groups (broad SMARTS) is 1. The fraction of sp³-hybridized carbons (Fsp3) is 0.462. The van der Waals surface area contributed by atoms with Crippen LogP contribution in [0, 0.1) is 0 Å². The van der Waals surface area contributed by atoms with Gasteiger partial charge in [0.15, 0.2) is 17.3 Å². The molecule has 0 aliphatic heterocycles. The minimum Gasteiger partial charge on any atom is -0.480 e. The van der Waals surface area contributed by atoms with E-state index < -0.39 is 17.9 Å². The summed E-state index contributed by atoms with van der Waals surface area (Å²) in [5, 5.41) is 11.4. The quantitative estimate of drug-likeness (QED) is 0.735. The molecule has 0 spiro atoms. The molecule has 0 saturated heterocycles. The van der Waals surface area contributed by atoms with Crippen molar-refractivity contribution in [1.82, 2.24) is 5.32 Å². The van der Waals surface area contributed by atoms with Crippen molar-refractivity contribution in [3.05, 3.63) is 23.7 Å². The number of unbranched alkanes of at least 4 members (excludes halogenated alkanes) is 1. The summed E-state index contributed by atoms with van der Waals surface area (Å²) in [5.41, 5.74) is 0. The average Bonchev–Trinajstić information content (AvgIpc) is 2.83. The molecule has 1 heterocycles. The second kappa shape index (κ2) is 6.72. The predicted molar refractivity (Wildman–Crippen MR) is 67.1 cm³/mol. The van der Waals surface area contributed by atoms with Gasteiger partial charge in [-0.25, -0.2) is 4.79 Å². The number of amides is 1. The van der Waals surface area contributed by atoms with Gasteiger partial charge in [0.25, 0.3) is 5.91 Å². The molecular formula is C13H17NO5. The van der Waals surface area contributed by atoms with Gasteiger partial charge in [-0.15, -0.1) is 0 Å². The summed E-state index contributed by atoms with van der Waals surface area (Å²) in [4.78, 5) is 33.8. The maximum Gasteiger partial charge on any atom is 0.326 e. The molecule has 0 radical (unpaired) electrons. The number of rotatable bonds is 7. The highest BCUT2D eigenvalue weighted by atomic mass is 16.4. The summed E-state index contributed by atoms with van der Waals surface area (Å²) >= 11 is 0. The highest BCUT2D eigenvalue weighted by Crippen LogP contribution is 2.09. The zero-order valence-corrected chi connectivity index (χ0v) is 10.9. The van der Waals surface area contributed by atoms with Gasteiger partial charge in [0, 0.05) is 6.92 Å². The molecule has 6 nitrogen and oxygen atoms in total. The smallest absolute Gasteiger partial charge is 0.326 e. The van der Waals surface area contributed by atoms with Crippen LogP contribution in [0.2, 0.25) is 0 Å². The first-order chi connectivity index (χ1) is 8.95. The first-order valence-corrected chi connectivity index (χ1v) is 6.10. The largest absolute Gasteiger partial charge is 0.480 e. The highest BCUT2D eigenvalue weighted by Gasteiger charge is 2.22. The lowest BCUT2D eigenvalue weighted by Gasteiger charge is -2.12. The molecule has 0 bridgehead atoms. The third-order valence-electron chi connectivity index (χ3n) is 2.63. The van der Waals surface area contributed by atoms with Crippen molar-refractivity contribution in [1.29, 1.82) is 0 Å². The van der Waals surface area contributed by atoms with Crippen LogP contribution in [0.5, 0.6) is 0 Å². The summed E-state index contributed by atoms with van der Waals surface area (Å²) in [6.07, 6.45) is 1.90. The third kappa shape index (κ3) is 4.24. The van der Waals surface area contributed by atoms with Gasteiger partial charge >= 0.3 is 5.97 Å². The Morgan fingerprint density at radius 3 is 2.42 bits per heavy atom. The van der Waals surface area contributed by atoms with Crippen LogP contribution in [0.15, 0.2) is 16.5 Å². The van der Waals surface area contributed by atoms with E-state index in [1.165, 1.54) is 19.1 Å². The molecule has 0 aromatic carbocycles. The van der Waals surface area contributed by atoms with Crippen LogP contribution < -0.4 is 5.32 Å². The first kappa shape index (κ1) is 14.9. The van der Waals surface area contributed by atoms with E-state index in [2.05, 4.69) is 5.32 Å². The Bertz CT molecular complexity index is 477. The average molecular weight is 267 g/mol. The van der Waals surface area contributed by atoms with E-state index in [-0.39, 0.29) is 17.3 Å². The lowest BCUT2D eigenvalue weighted by molar-refractivity contribution is -0.139. The summed E-state index contributed by atoms with van der Waals surface area (Å²) in [6.45, 7) is 3.26. The number of aliphatic carboxylic acids is 1. The van der Waals surface area contributed by atoms with Crippen molar-refractivity contribution in [3.8, 4) is 0 Å². The second-order valence-electron chi connectivity index (χ2n) is 4.23. The number of hydrogen-bond acceptors (Lipinski definition) is 4. The van der Waals surface area contributed by atoms with Gasteiger partial charge in [-0.1, -0.05) is 19.8 Å². The molecule has 0 aliphatic rings. The monoisotopic (exact) mass is 267 g/mol. The second-order valence-corrected chi connectivity index (χ2v) is 4.23. The van der Waals surface area contributed by atoms with E-state index in [0.29, 0.717) is 12.8 Å². The van der Waals surface area contributed by atoms with Crippen molar-refractivity contribution >= 4 is 17.7 Å². The molecule has 104 valence electrons. The highest BCUT2D eigenvalue weighted by molar-refractivity contribution is 5.96. The number of carbonyl (C=O) groups is 3. The van der Waals surface area contributed by atoms with Crippen molar-refractivity contribution < 1.29 is 23.9 Å². The third-order valence-corrected chi connectivity index (χ3v) is 2.63. The van der Waals surface area contributed by atoms with Crippen LogP contribution in [-0.2, 0) is 4.79 Å². The van der Waals surface area contributed by atoms with Crippen molar-refractivity contribution in [2.24, 2.45) is 0 Å². The molecule has 1 unspecified atom stereocenters. The lowest BCUT2D eigenvalue weighted by atomic mass is 10.1. The number of Topliss-reactive ketones (excluding diaryl/α,β-unsaturated/α-hetero) is 1. The van der Waals surface area contributed by atoms with Crippen molar-refractivity contribution in [2.45, 2.75) is 39.2 Å². The number of furan rings is 1. The van der Waals surface area contributed by atoms with E-state index in [1.807, 2.05) is 6.92 Å². The van der Waals surface area contributed by atoms with Gasteiger partial charge in [0.1, 0.15) is 6.04 Å². The standard InChI is InChI=1S/C13H17NO5/c1-3-4-5-9(13(17)18)14-12(16)11-7-6-10(19-11)8(2)15/h6-7,9H,3-5H2,1-2H3,(H,14,16)(H,17,18). The predicted octanol–water partition coefficient (Wildman–Crippen LogP) is 1.86. The SMILES string of the molecule is CCCCC(NC(=O)c1ccc(C(C)=O)o1)C(=O)O. The van der Waals surface area contributed by atoms with Crippen LogP contribution in [-0.4, -0.2) is 28.8 Å². The Hall–Kier alpha value is -2.11. The number of nitrogens with one attached hydrogen (secondary N) is 1. The van der Waals surface area contributed by atoms with Gasteiger partial charge in [-0.2, -0.15) is 0 Å². The lowest BCUT2D eigenvalue weighted by Crippen LogP contribution is -2.40. The molecule has 1 amide bonds. The topological polar surface area (TPSA) is 96.6 Å². The summed E-state index contributed by atoms with van der Waals surface area (Å²) in [7, 11) is 0. The molecule has 1 aromatic heterocycles. The van der Waals surface area contributed by atoms with Crippen molar-refractivity contribution in [3.63, 3.8) is 0 Å². The van der Waals surface area contributed by atoms with Gasteiger partial charge in [0.2, 0.25) is 0 Å². The Morgan fingerprint density at radius 2 is 1.95 bits per heavy atom. The number of carbonyl (C=O) groups excluding carboxylic acids is 2. The Kier molecular flexibility index (Phi) is 5.29. The van der Waals surface area contributed by atoms with E-state index in [9.17, 15) is 14.4 Å². The van der Waals surface area contributed by atoms with Gasteiger partial charge in [-0.3, -0.25) is 9.59 Å². The van der Waals surface area contributed by atoms with Gasteiger partial charge < -0.3 is 14.8 Å². The summed E-state index contributed by atoms with van der Waals surface area (Å²) < 4.78 is 5.04. The van der Waals surface area contributed by atoms with E-state index in [4.69, 9.17) is 9.52 Å². The molecule has 1 aromatic rings. The Labute approximate surface area is 110 Å². The maximum atomic E-state index is 11.8. The normalized spacial score (nSPS) is 11.9. The van der Waals surface area contributed by atoms with E-state index in [0.717, 1.165) is 6.42 Å². The molecule has 0 saturated carbocycles. The number of carboxylic acids is 1. The fourth-order valence-electron chi connectivity index (χ4n) is 1.54. The van der Waals surface area contributed by atoms with Crippen LogP contribution in [0.4, 0.5) is 0 Å². The minimum atomic E-state index is -1.08. The van der Waals surface area contributed by atoms with Crippen LogP contribution >= 0.6 is 0 Å². The molecular weight excluding hydrogens is 250 g/mol. The van der Waals surface area contributed by atoms with Gasteiger partial charge in [0.05, 0.1) is 0 Å². The molecule has 0 aliphatic carbocycles. The molecule has 0 fully saturated rings. The van der Waals surface area contributed by atoms with E-state index in [1.54, 1.807) is 0 Å².